The van der Waals surface area contributed by atoms with E-state index in [1.165, 1.54) is 17.5 Å². The molecule has 0 bridgehead atoms. The Hall–Kier alpha value is -1.07. The number of hydrogen-bond donors (Lipinski definition) is 0. The number of thioether (sulfide) groups is 1. The Morgan fingerprint density at radius 2 is 2.19 bits per heavy atom. The molecule has 0 fully saturated rings. The van der Waals surface area contributed by atoms with Crippen LogP contribution < -0.4 is 0 Å². The fourth-order valence-electron chi connectivity index (χ4n) is 2.05. The van der Waals surface area contributed by atoms with E-state index in [9.17, 15) is 4.79 Å². The normalized spacial score (nSPS) is 12.5. The van der Waals surface area contributed by atoms with Crippen molar-refractivity contribution in [2.45, 2.75) is 38.5 Å². The summed E-state index contributed by atoms with van der Waals surface area (Å²) in [7, 11) is 1.87. The largest absolute Gasteiger partial charge is 0.338 e. The molecule has 0 spiro atoms. The molecule has 1 unspecified atom stereocenters. The fraction of sp³-hybridized carbons (Fsp3) is 0.500. The standard InChI is InChI=1S/C16H22N2OS2/c1-4-5-10-20-12(2)16(19)18(3)11-15-17-13-8-6-7-9-14(13)21-15/h6-9,12H,4-5,10-11H2,1-3H3. The van der Waals surface area contributed by atoms with Crippen molar-refractivity contribution in [3.8, 4) is 0 Å². The number of benzene rings is 1. The van der Waals surface area contributed by atoms with E-state index >= 15 is 0 Å². The first kappa shape index (κ1) is 16.3. The van der Waals surface area contributed by atoms with Crippen LogP contribution in [0.5, 0.6) is 0 Å². The van der Waals surface area contributed by atoms with E-state index in [4.69, 9.17) is 0 Å². The number of carbonyl (C=O) groups excluding carboxylic acids is 1. The van der Waals surface area contributed by atoms with E-state index in [-0.39, 0.29) is 11.2 Å². The minimum Gasteiger partial charge on any atom is -0.338 e. The second-order valence-electron chi connectivity index (χ2n) is 5.14. The summed E-state index contributed by atoms with van der Waals surface area (Å²) in [5, 5.41) is 1.02. The average Bonchev–Trinajstić information content (AvgIpc) is 2.88. The van der Waals surface area contributed by atoms with Crippen molar-refractivity contribution in [1.29, 1.82) is 0 Å². The van der Waals surface area contributed by atoms with E-state index in [1.807, 2.05) is 32.2 Å². The monoisotopic (exact) mass is 322 g/mol. The van der Waals surface area contributed by atoms with Crippen LogP contribution in [-0.4, -0.2) is 33.8 Å². The number of thiazole rings is 1. The molecule has 1 atom stereocenters. The van der Waals surface area contributed by atoms with Crippen LogP contribution in [0.15, 0.2) is 24.3 Å². The van der Waals surface area contributed by atoms with Crippen molar-refractivity contribution >= 4 is 39.2 Å². The van der Waals surface area contributed by atoms with Crippen LogP contribution in [0.3, 0.4) is 0 Å². The zero-order valence-electron chi connectivity index (χ0n) is 12.8. The van der Waals surface area contributed by atoms with Crippen LogP contribution in [0.2, 0.25) is 0 Å². The molecule has 3 nitrogen and oxygen atoms in total. The second-order valence-corrected chi connectivity index (χ2v) is 7.70. The molecule has 1 aromatic carbocycles. The number of nitrogens with zero attached hydrogens (tertiary/aromatic N) is 2. The van der Waals surface area contributed by atoms with Crippen LogP contribution in [0.1, 0.15) is 31.7 Å². The first-order valence-electron chi connectivity index (χ1n) is 7.33. The van der Waals surface area contributed by atoms with Gasteiger partial charge in [0.05, 0.1) is 22.0 Å². The molecule has 1 heterocycles. The molecule has 5 heteroatoms. The predicted molar refractivity (Wildman–Crippen MR) is 92.9 cm³/mol. The predicted octanol–water partition coefficient (Wildman–Crippen LogP) is 4.18. The van der Waals surface area contributed by atoms with E-state index in [0.29, 0.717) is 6.54 Å². The Kier molecular flexibility index (Phi) is 6.06. The number of rotatable bonds is 7. The van der Waals surface area contributed by atoms with E-state index < -0.39 is 0 Å². The van der Waals surface area contributed by atoms with E-state index in [1.54, 1.807) is 28.0 Å². The van der Waals surface area contributed by atoms with Gasteiger partial charge in [-0.1, -0.05) is 25.5 Å². The lowest BCUT2D eigenvalue weighted by molar-refractivity contribution is -0.129. The van der Waals surface area contributed by atoms with Gasteiger partial charge in [0, 0.05) is 7.05 Å². The molecule has 0 N–H and O–H groups in total. The summed E-state index contributed by atoms with van der Waals surface area (Å²) < 4.78 is 1.18. The number of amides is 1. The maximum Gasteiger partial charge on any atom is 0.235 e. The second kappa shape index (κ2) is 7.80. The van der Waals surface area contributed by atoms with Crippen LogP contribution in [0.4, 0.5) is 0 Å². The molecular formula is C16H22N2OS2. The molecule has 0 aliphatic heterocycles. The first-order chi connectivity index (χ1) is 10.1. The summed E-state index contributed by atoms with van der Waals surface area (Å²) >= 11 is 3.41. The lowest BCUT2D eigenvalue weighted by Crippen LogP contribution is -2.32. The lowest BCUT2D eigenvalue weighted by atomic mass is 10.3. The molecule has 0 radical (unpaired) electrons. The summed E-state index contributed by atoms with van der Waals surface area (Å²) in [6, 6.07) is 8.10. The van der Waals surface area contributed by atoms with Crippen molar-refractivity contribution in [3.63, 3.8) is 0 Å². The average molecular weight is 322 g/mol. The molecule has 2 rings (SSSR count). The third kappa shape index (κ3) is 4.45. The summed E-state index contributed by atoms with van der Waals surface area (Å²) in [5.74, 6) is 1.24. The van der Waals surface area contributed by atoms with E-state index in [0.717, 1.165) is 16.3 Å². The highest BCUT2D eigenvalue weighted by molar-refractivity contribution is 8.00. The Morgan fingerprint density at radius 3 is 2.90 bits per heavy atom. The third-order valence-electron chi connectivity index (χ3n) is 3.30. The Balaban J connectivity index is 1.93. The van der Waals surface area contributed by atoms with Gasteiger partial charge in [-0.25, -0.2) is 4.98 Å². The number of unbranched alkanes of at least 4 members (excludes halogenated alkanes) is 1. The Labute approximate surface area is 134 Å². The number of fused-ring (bicyclic) bond motifs is 1. The molecule has 114 valence electrons. The summed E-state index contributed by atoms with van der Waals surface area (Å²) in [5.41, 5.74) is 1.02. The molecular weight excluding hydrogens is 300 g/mol. The summed E-state index contributed by atoms with van der Waals surface area (Å²) in [6.45, 7) is 4.76. The minimum atomic E-state index is 0.0240. The SMILES string of the molecule is CCCCSC(C)C(=O)N(C)Cc1nc2ccccc2s1. The molecule has 0 saturated heterocycles. The number of aromatic nitrogens is 1. The molecule has 1 aromatic heterocycles. The zero-order valence-corrected chi connectivity index (χ0v) is 14.5. The molecule has 0 saturated carbocycles. The number of para-hydroxylation sites is 1. The van der Waals surface area contributed by atoms with Crippen molar-refractivity contribution in [3.05, 3.63) is 29.3 Å². The van der Waals surface area contributed by atoms with Gasteiger partial charge in [-0.15, -0.1) is 23.1 Å². The van der Waals surface area contributed by atoms with Gasteiger partial charge >= 0.3 is 0 Å². The highest BCUT2D eigenvalue weighted by Crippen LogP contribution is 2.23. The zero-order chi connectivity index (χ0) is 15.2. The first-order valence-corrected chi connectivity index (χ1v) is 9.19. The van der Waals surface area contributed by atoms with Crippen LogP contribution in [-0.2, 0) is 11.3 Å². The number of carbonyl (C=O) groups is 1. The molecule has 2 aromatic rings. The Bertz CT molecular complexity index is 564. The molecule has 21 heavy (non-hydrogen) atoms. The summed E-state index contributed by atoms with van der Waals surface area (Å²) in [4.78, 5) is 18.7. The van der Waals surface area contributed by atoms with Gasteiger partial charge < -0.3 is 4.90 Å². The maximum absolute atomic E-state index is 12.3. The Morgan fingerprint density at radius 1 is 1.43 bits per heavy atom. The number of hydrogen-bond acceptors (Lipinski definition) is 4. The smallest absolute Gasteiger partial charge is 0.235 e. The van der Waals surface area contributed by atoms with Gasteiger partial charge in [-0.2, -0.15) is 0 Å². The molecule has 0 aliphatic carbocycles. The minimum absolute atomic E-state index is 0.0240. The van der Waals surface area contributed by atoms with Crippen LogP contribution >= 0.6 is 23.1 Å². The van der Waals surface area contributed by atoms with Gasteiger partial charge in [0.15, 0.2) is 0 Å². The topological polar surface area (TPSA) is 33.2 Å². The van der Waals surface area contributed by atoms with Gasteiger partial charge in [0.1, 0.15) is 5.01 Å². The maximum atomic E-state index is 12.3. The lowest BCUT2D eigenvalue weighted by Gasteiger charge is -2.20. The van der Waals surface area contributed by atoms with Crippen molar-refractivity contribution < 1.29 is 4.79 Å². The summed E-state index contributed by atoms with van der Waals surface area (Å²) in [6.07, 6.45) is 2.35. The van der Waals surface area contributed by atoms with Gasteiger partial charge in [0.2, 0.25) is 5.91 Å². The van der Waals surface area contributed by atoms with E-state index in [2.05, 4.69) is 18.0 Å². The van der Waals surface area contributed by atoms with Crippen molar-refractivity contribution in [2.24, 2.45) is 0 Å². The van der Waals surface area contributed by atoms with Crippen molar-refractivity contribution in [2.75, 3.05) is 12.8 Å². The molecule has 1 amide bonds. The fourth-order valence-corrected chi connectivity index (χ4v) is 4.21. The van der Waals surface area contributed by atoms with Crippen LogP contribution in [0, 0.1) is 0 Å². The highest BCUT2D eigenvalue weighted by atomic mass is 32.2. The molecule has 0 aliphatic rings. The van der Waals surface area contributed by atoms with Gasteiger partial charge in [-0.3, -0.25) is 4.79 Å². The van der Waals surface area contributed by atoms with Gasteiger partial charge in [0.25, 0.3) is 0 Å². The van der Waals surface area contributed by atoms with Crippen molar-refractivity contribution in [1.82, 2.24) is 9.88 Å². The quantitative estimate of drug-likeness (QED) is 0.717. The van der Waals surface area contributed by atoms with Gasteiger partial charge in [-0.05, 0) is 31.2 Å². The highest BCUT2D eigenvalue weighted by Gasteiger charge is 2.18. The van der Waals surface area contributed by atoms with Crippen LogP contribution in [0.25, 0.3) is 10.2 Å². The third-order valence-corrected chi connectivity index (χ3v) is 5.55.